The lowest BCUT2D eigenvalue weighted by molar-refractivity contribution is -0.117. The van der Waals surface area contributed by atoms with Gasteiger partial charge in [-0.2, -0.15) is 0 Å². The molecule has 1 aliphatic rings. The van der Waals surface area contributed by atoms with E-state index in [0.29, 0.717) is 5.56 Å². The lowest BCUT2D eigenvalue weighted by Crippen LogP contribution is -2.41. The Morgan fingerprint density at radius 3 is 2.62 bits per heavy atom. The van der Waals surface area contributed by atoms with E-state index in [1.54, 1.807) is 13.1 Å². The van der Waals surface area contributed by atoms with E-state index in [9.17, 15) is 18.3 Å². The van der Waals surface area contributed by atoms with Crippen molar-refractivity contribution >= 4 is 21.6 Å². The Morgan fingerprint density at radius 2 is 2.05 bits per heavy atom. The van der Waals surface area contributed by atoms with Crippen molar-refractivity contribution in [1.82, 2.24) is 4.72 Å². The normalized spacial score (nSPS) is 16.4. The van der Waals surface area contributed by atoms with E-state index in [2.05, 4.69) is 4.72 Å². The number of hydrogen-bond acceptors (Lipinski definition) is 4. The Hall–Kier alpha value is -1.44. The number of nitrogens with zero attached hydrogens (tertiary/aromatic N) is 1. The SMILES string of the molecule is CC(C)C(CO)NS(=O)(=O)c1ccc2c(c1)CC(=O)N2C. The average molecular weight is 312 g/mol. The van der Waals surface area contributed by atoms with Gasteiger partial charge >= 0.3 is 0 Å². The molecule has 2 N–H and O–H groups in total. The van der Waals surface area contributed by atoms with Crippen molar-refractivity contribution < 1.29 is 18.3 Å². The highest BCUT2D eigenvalue weighted by Crippen LogP contribution is 2.29. The predicted molar refractivity (Wildman–Crippen MR) is 79.6 cm³/mol. The molecular formula is C14H20N2O4S. The molecule has 0 radical (unpaired) electrons. The van der Waals surface area contributed by atoms with E-state index in [4.69, 9.17) is 0 Å². The molecule has 0 spiro atoms. The fourth-order valence-corrected chi connectivity index (χ4v) is 3.69. The number of benzene rings is 1. The number of aliphatic hydroxyl groups is 1. The molecule has 0 saturated carbocycles. The third-order valence-electron chi connectivity index (χ3n) is 3.75. The molecule has 116 valence electrons. The van der Waals surface area contributed by atoms with Crippen LogP contribution >= 0.6 is 0 Å². The van der Waals surface area contributed by atoms with Gasteiger partial charge in [0.25, 0.3) is 0 Å². The van der Waals surface area contributed by atoms with E-state index < -0.39 is 16.1 Å². The van der Waals surface area contributed by atoms with Crippen molar-refractivity contribution in [3.8, 4) is 0 Å². The van der Waals surface area contributed by atoms with E-state index >= 15 is 0 Å². The van der Waals surface area contributed by atoms with Gasteiger partial charge in [0, 0.05) is 18.8 Å². The molecule has 6 nitrogen and oxygen atoms in total. The van der Waals surface area contributed by atoms with Crippen LogP contribution in [0.25, 0.3) is 0 Å². The fourth-order valence-electron chi connectivity index (χ4n) is 2.27. The molecule has 1 aromatic rings. The van der Waals surface area contributed by atoms with Crippen molar-refractivity contribution in [1.29, 1.82) is 0 Å². The summed E-state index contributed by atoms with van der Waals surface area (Å²) in [4.78, 5) is 13.3. The highest BCUT2D eigenvalue weighted by Gasteiger charge is 2.27. The first-order chi connectivity index (χ1) is 9.76. The highest BCUT2D eigenvalue weighted by atomic mass is 32.2. The Kier molecular flexibility index (Phi) is 4.36. The summed E-state index contributed by atoms with van der Waals surface area (Å²) in [5.41, 5.74) is 1.44. The first-order valence-electron chi connectivity index (χ1n) is 6.79. The number of nitrogens with one attached hydrogen (secondary N) is 1. The van der Waals surface area contributed by atoms with Gasteiger partial charge in [-0.05, 0) is 29.7 Å². The van der Waals surface area contributed by atoms with Gasteiger partial charge in [0.15, 0.2) is 0 Å². The molecule has 1 heterocycles. The maximum absolute atomic E-state index is 12.3. The summed E-state index contributed by atoms with van der Waals surface area (Å²) in [5.74, 6) is -0.0742. The minimum Gasteiger partial charge on any atom is -0.395 e. The molecule has 7 heteroatoms. The lowest BCUT2D eigenvalue weighted by atomic mass is 10.1. The molecular weight excluding hydrogens is 292 g/mol. The maximum atomic E-state index is 12.3. The molecule has 0 fully saturated rings. The molecule has 0 bridgehead atoms. The van der Waals surface area contributed by atoms with Gasteiger partial charge in [-0.15, -0.1) is 0 Å². The van der Waals surface area contributed by atoms with Crippen LogP contribution in [0.5, 0.6) is 0 Å². The second kappa shape index (κ2) is 5.75. The molecule has 0 aliphatic carbocycles. The molecule has 0 saturated heterocycles. The number of rotatable bonds is 5. The zero-order valence-corrected chi connectivity index (χ0v) is 13.1. The Labute approximate surface area is 124 Å². The van der Waals surface area contributed by atoms with Crippen LogP contribution in [0.2, 0.25) is 0 Å². The summed E-state index contributed by atoms with van der Waals surface area (Å²) < 4.78 is 27.2. The van der Waals surface area contributed by atoms with Crippen molar-refractivity contribution in [3.63, 3.8) is 0 Å². The average Bonchev–Trinajstić information content (AvgIpc) is 2.70. The predicted octanol–water partition coefficient (Wildman–Crippen LogP) is 0.501. The van der Waals surface area contributed by atoms with Gasteiger partial charge < -0.3 is 10.0 Å². The fraction of sp³-hybridized carbons (Fsp3) is 0.500. The van der Waals surface area contributed by atoms with E-state index in [1.165, 1.54) is 17.0 Å². The standard InChI is InChI=1S/C14H20N2O4S/c1-9(2)12(8-17)15-21(19,20)11-4-5-13-10(6-11)7-14(18)16(13)3/h4-6,9,12,15,17H,7-8H2,1-3H3. The first-order valence-corrected chi connectivity index (χ1v) is 8.27. The van der Waals surface area contributed by atoms with Gasteiger partial charge in [0.05, 0.1) is 17.9 Å². The number of sulfonamides is 1. The lowest BCUT2D eigenvalue weighted by Gasteiger charge is -2.20. The Bertz CT molecular complexity index is 655. The van der Waals surface area contributed by atoms with E-state index in [1.807, 2.05) is 13.8 Å². The number of anilines is 1. The Balaban J connectivity index is 2.30. The number of fused-ring (bicyclic) bond motifs is 1. The molecule has 21 heavy (non-hydrogen) atoms. The van der Waals surface area contributed by atoms with Gasteiger partial charge in [0.1, 0.15) is 0 Å². The van der Waals surface area contributed by atoms with E-state index in [-0.39, 0.29) is 29.7 Å². The van der Waals surface area contributed by atoms with Crippen molar-refractivity contribution in [2.75, 3.05) is 18.6 Å². The highest BCUT2D eigenvalue weighted by molar-refractivity contribution is 7.89. The van der Waals surface area contributed by atoms with Crippen LogP contribution in [-0.4, -0.2) is 39.1 Å². The Morgan fingerprint density at radius 1 is 1.38 bits per heavy atom. The molecule has 1 amide bonds. The summed E-state index contributed by atoms with van der Waals surface area (Å²) in [6.07, 6.45) is 0.211. The van der Waals surface area contributed by atoms with Crippen LogP contribution in [-0.2, 0) is 21.2 Å². The van der Waals surface area contributed by atoms with Crippen LogP contribution in [0, 0.1) is 5.92 Å². The smallest absolute Gasteiger partial charge is 0.240 e. The quantitative estimate of drug-likeness (QED) is 0.829. The van der Waals surface area contributed by atoms with Crippen molar-refractivity contribution in [2.45, 2.75) is 31.2 Å². The summed E-state index contributed by atoms with van der Waals surface area (Å²) >= 11 is 0. The zero-order chi connectivity index (χ0) is 15.8. The minimum atomic E-state index is -3.71. The third kappa shape index (κ3) is 3.09. The molecule has 1 atom stereocenters. The van der Waals surface area contributed by atoms with Crippen LogP contribution in [0.4, 0.5) is 5.69 Å². The largest absolute Gasteiger partial charge is 0.395 e. The van der Waals surface area contributed by atoms with Gasteiger partial charge in [0.2, 0.25) is 15.9 Å². The summed E-state index contributed by atoms with van der Waals surface area (Å²) in [6.45, 7) is 3.41. The van der Waals surface area contributed by atoms with Gasteiger partial charge in [-0.1, -0.05) is 13.8 Å². The minimum absolute atomic E-state index is 0.0214. The van der Waals surface area contributed by atoms with Crippen LogP contribution in [0.15, 0.2) is 23.1 Å². The van der Waals surface area contributed by atoms with E-state index in [0.717, 1.165) is 5.69 Å². The number of carbonyl (C=O) groups is 1. The molecule has 1 aliphatic heterocycles. The van der Waals surface area contributed by atoms with Crippen LogP contribution in [0.3, 0.4) is 0 Å². The van der Waals surface area contributed by atoms with Gasteiger partial charge in [-0.3, -0.25) is 4.79 Å². The maximum Gasteiger partial charge on any atom is 0.240 e. The second-order valence-corrected chi connectivity index (χ2v) is 7.29. The monoisotopic (exact) mass is 312 g/mol. The molecule has 1 unspecified atom stereocenters. The first kappa shape index (κ1) is 15.9. The van der Waals surface area contributed by atoms with Crippen LogP contribution < -0.4 is 9.62 Å². The van der Waals surface area contributed by atoms with Crippen molar-refractivity contribution in [2.24, 2.45) is 5.92 Å². The van der Waals surface area contributed by atoms with Gasteiger partial charge in [-0.25, -0.2) is 13.1 Å². The molecule has 0 aromatic heterocycles. The summed E-state index contributed by atoms with van der Waals surface area (Å²) in [7, 11) is -2.05. The summed E-state index contributed by atoms with van der Waals surface area (Å²) in [5, 5.41) is 9.25. The summed E-state index contributed by atoms with van der Waals surface area (Å²) in [6, 6.07) is 4.10. The number of aliphatic hydroxyl groups excluding tert-OH is 1. The molecule has 1 aromatic carbocycles. The number of hydrogen-bond donors (Lipinski definition) is 2. The number of likely N-dealkylation sites (N-methyl/N-ethyl adjacent to an activating group) is 1. The second-order valence-electron chi connectivity index (χ2n) is 5.57. The van der Waals surface area contributed by atoms with Crippen molar-refractivity contribution in [3.05, 3.63) is 23.8 Å². The van der Waals surface area contributed by atoms with Crippen LogP contribution in [0.1, 0.15) is 19.4 Å². The topological polar surface area (TPSA) is 86.7 Å². The number of carbonyl (C=O) groups excluding carboxylic acids is 1. The third-order valence-corrected chi connectivity index (χ3v) is 5.23. The molecule has 2 rings (SSSR count). The zero-order valence-electron chi connectivity index (χ0n) is 12.3. The number of amides is 1.